The van der Waals surface area contributed by atoms with Crippen LogP contribution in [0.4, 0.5) is 0 Å². The first-order valence-electron chi connectivity index (χ1n) is 6.11. The van der Waals surface area contributed by atoms with Crippen LogP contribution >= 0.6 is 11.3 Å². The molecule has 3 nitrogen and oxygen atoms in total. The van der Waals surface area contributed by atoms with Crippen molar-refractivity contribution in [3.8, 4) is 22.1 Å². The second kappa shape index (κ2) is 5.67. The third-order valence-electron chi connectivity index (χ3n) is 2.75. The Hall–Kier alpha value is -2.46. The molecule has 0 N–H and O–H groups in total. The summed E-state index contributed by atoms with van der Waals surface area (Å²) < 4.78 is 5.75. The minimum atomic E-state index is -0.295. The normalized spacial score (nSPS) is 10.2. The Morgan fingerprint density at radius 2 is 1.65 bits per heavy atom. The molecule has 0 aliphatic rings. The Balaban J connectivity index is 2.01. The second-order valence-electron chi connectivity index (χ2n) is 4.10. The van der Waals surface area contributed by atoms with E-state index in [1.165, 1.54) is 17.4 Å². The number of rotatable bonds is 3. The van der Waals surface area contributed by atoms with Gasteiger partial charge < -0.3 is 4.74 Å². The van der Waals surface area contributed by atoms with Crippen molar-refractivity contribution in [1.29, 1.82) is 0 Å². The second-order valence-corrected chi connectivity index (χ2v) is 4.96. The average molecular weight is 281 g/mol. The first-order chi connectivity index (χ1) is 9.83. The number of nitrogens with zero attached hydrogens (tertiary/aromatic N) is 1. The summed E-state index contributed by atoms with van der Waals surface area (Å²) in [6, 6.07) is 19.1. The molecule has 98 valence electrons. The molecular formula is C16H11NO2S. The van der Waals surface area contributed by atoms with E-state index in [1.807, 2.05) is 54.6 Å². The first-order valence-corrected chi connectivity index (χ1v) is 6.99. The molecule has 0 unspecified atom stereocenters. The molecule has 0 fully saturated rings. The van der Waals surface area contributed by atoms with Crippen LogP contribution in [0.1, 0.15) is 0 Å². The standard InChI is InChI=1S/C16H11NO2S/c18-15-10-11-20-16(17-15)19-14-9-5-4-8-13(14)12-6-2-1-3-7-12/h1-11H. The van der Waals surface area contributed by atoms with Gasteiger partial charge in [0.15, 0.2) is 0 Å². The Morgan fingerprint density at radius 1 is 0.900 bits per heavy atom. The molecule has 20 heavy (non-hydrogen) atoms. The van der Waals surface area contributed by atoms with Gasteiger partial charge in [-0.2, -0.15) is 4.98 Å². The minimum Gasteiger partial charge on any atom is -0.430 e. The van der Waals surface area contributed by atoms with E-state index in [-0.39, 0.29) is 5.56 Å². The lowest BCUT2D eigenvalue weighted by Gasteiger charge is -2.09. The third-order valence-corrected chi connectivity index (χ3v) is 3.40. The number of benzene rings is 2. The van der Waals surface area contributed by atoms with Crippen LogP contribution in [0, 0.1) is 0 Å². The monoisotopic (exact) mass is 281 g/mol. The van der Waals surface area contributed by atoms with Crippen LogP contribution in [-0.2, 0) is 0 Å². The molecule has 2 aromatic carbocycles. The lowest BCUT2D eigenvalue weighted by Crippen LogP contribution is -2.02. The average Bonchev–Trinajstić information content (AvgIpc) is 2.49. The van der Waals surface area contributed by atoms with Crippen molar-refractivity contribution in [3.63, 3.8) is 0 Å². The highest BCUT2D eigenvalue weighted by Crippen LogP contribution is 2.32. The molecule has 0 bridgehead atoms. The molecule has 0 amide bonds. The maximum absolute atomic E-state index is 11.3. The van der Waals surface area contributed by atoms with E-state index in [0.29, 0.717) is 10.9 Å². The van der Waals surface area contributed by atoms with Crippen LogP contribution in [0.3, 0.4) is 0 Å². The molecule has 4 heteroatoms. The van der Waals surface area contributed by atoms with Gasteiger partial charge in [-0.15, -0.1) is 0 Å². The highest BCUT2D eigenvalue weighted by molar-refractivity contribution is 7.11. The molecular weight excluding hydrogens is 270 g/mol. The van der Waals surface area contributed by atoms with Gasteiger partial charge in [-0.25, -0.2) is 0 Å². The van der Waals surface area contributed by atoms with Crippen molar-refractivity contribution in [2.45, 2.75) is 0 Å². The van der Waals surface area contributed by atoms with Gasteiger partial charge in [0.05, 0.1) is 0 Å². The molecule has 3 rings (SSSR count). The summed E-state index contributed by atoms with van der Waals surface area (Å²) in [6.07, 6.45) is 0. The predicted octanol–water partition coefficient (Wildman–Crippen LogP) is 3.96. The Labute approximate surface area is 120 Å². The fourth-order valence-electron chi connectivity index (χ4n) is 1.86. The van der Waals surface area contributed by atoms with Crippen LogP contribution < -0.4 is 10.3 Å². The Morgan fingerprint density at radius 3 is 2.45 bits per heavy atom. The minimum absolute atomic E-state index is 0.295. The lowest BCUT2D eigenvalue weighted by atomic mass is 10.1. The van der Waals surface area contributed by atoms with Gasteiger partial charge in [0.25, 0.3) is 10.8 Å². The highest BCUT2D eigenvalue weighted by Gasteiger charge is 2.07. The van der Waals surface area contributed by atoms with Gasteiger partial charge >= 0.3 is 0 Å². The topological polar surface area (TPSA) is 39.2 Å². The van der Waals surface area contributed by atoms with E-state index in [4.69, 9.17) is 4.74 Å². The summed E-state index contributed by atoms with van der Waals surface area (Å²) in [5.74, 6) is 0.688. The summed E-state index contributed by atoms with van der Waals surface area (Å²) in [5, 5.41) is 2.02. The van der Waals surface area contributed by atoms with Crippen molar-refractivity contribution in [1.82, 2.24) is 4.98 Å². The van der Waals surface area contributed by atoms with E-state index in [9.17, 15) is 4.79 Å². The molecule has 0 aliphatic heterocycles. The van der Waals surface area contributed by atoms with Crippen LogP contribution in [0.15, 0.2) is 70.8 Å². The molecule has 0 spiro atoms. The van der Waals surface area contributed by atoms with Gasteiger partial charge in [-0.1, -0.05) is 59.9 Å². The van der Waals surface area contributed by atoms with Gasteiger partial charge in [0.1, 0.15) is 5.75 Å². The smallest absolute Gasteiger partial charge is 0.282 e. The summed E-state index contributed by atoms with van der Waals surface area (Å²) >= 11 is 1.29. The molecule has 0 radical (unpaired) electrons. The van der Waals surface area contributed by atoms with Crippen molar-refractivity contribution in [2.75, 3.05) is 0 Å². The predicted molar refractivity (Wildman–Crippen MR) is 80.3 cm³/mol. The van der Waals surface area contributed by atoms with E-state index in [1.54, 1.807) is 5.38 Å². The number of hydrogen-bond acceptors (Lipinski definition) is 4. The zero-order chi connectivity index (χ0) is 13.8. The van der Waals surface area contributed by atoms with Crippen LogP contribution in [0.2, 0.25) is 0 Å². The van der Waals surface area contributed by atoms with Gasteiger partial charge in [-0.05, 0) is 11.6 Å². The number of aromatic nitrogens is 1. The SMILES string of the molecule is O=c1ccsc(Oc2ccccc2-c2ccccc2)n1. The maximum atomic E-state index is 11.3. The van der Waals surface area contributed by atoms with E-state index < -0.39 is 0 Å². The zero-order valence-corrected chi connectivity index (χ0v) is 11.3. The summed E-state index contributed by atoms with van der Waals surface area (Å²) in [4.78, 5) is 15.1. The van der Waals surface area contributed by atoms with E-state index in [0.717, 1.165) is 11.1 Å². The fourth-order valence-corrected chi connectivity index (χ4v) is 2.44. The molecule has 0 saturated carbocycles. The Kier molecular flexibility index (Phi) is 3.56. The summed E-state index contributed by atoms with van der Waals surface area (Å²) in [7, 11) is 0. The van der Waals surface area contributed by atoms with E-state index >= 15 is 0 Å². The fraction of sp³-hybridized carbons (Fsp3) is 0. The number of hydrogen-bond donors (Lipinski definition) is 0. The van der Waals surface area contributed by atoms with Gasteiger partial charge in [-0.3, -0.25) is 4.79 Å². The largest absolute Gasteiger partial charge is 0.430 e. The molecule has 1 heterocycles. The van der Waals surface area contributed by atoms with E-state index in [2.05, 4.69) is 4.98 Å². The first kappa shape index (κ1) is 12.6. The molecule has 3 aromatic rings. The molecule has 0 atom stereocenters. The van der Waals surface area contributed by atoms with Crippen molar-refractivity contribution in [3.05, 3.63) is 76.4 Å². The quantitative estimate of drug-likeness (QED) is 0.729. The lowest BCUT2D eigenvalue weighted by molar-refractivity contribution is 0.478. The summed E-state index contributed by atoms with van der Waals surface area (Å²) in [5.41, 5.74) is 1.74. The molecule has 0 saturated heterocycles. The summed E-state index contributed by atoms with van der Waals surface area (Å²) in [6.45, 7) is 0. The zero-order valence-electron chi connectivity index (χ0n) is 10.5. The van der Waals surface area contributed by atoms with Crippen LogP contribution in [0.5, 0.6) is 10.9 Å². The number of para-hydroxylation sites is 1. The van der Waals surface area contributed by atoms with Crippen molar-refractivity contribution in [2.24, 2.45) is 0 Å². The van der Waals surface area contributed by atoms with Crippen LogP contribution in [0.25, 0.3) is 11.1 Å². The molecule has 1 aromatic heterocycles. The number of ether oxygens (including phenoxy) is 1. The third kappa shape index (κ3) is 2.75. The maximum Gasteiger partial charge on any atom is 0.282 e. The van der Waals surface area contributed by atoms with Gasteiger partial charge in [0, 0.05) is 17.0 Å². The van der Waals surface area contributed by atoms with Gasteiger partial charge in [0.2, 0.25) is 0 Å². The van der Waals surface area contributed by atoms with Crippen LogP contribution in [-0.4, -0.2) is 4.98 Å². The van der Waals surface area contributed by atoms with Crippen molar-refractivity contribution >= 4 is 11.3 Å². The van der Waals surface area contributed by atoms with Crippen molar-refractivity contribution < 1.29 is 4.74 Å². The highest BCUT2D eigenvalue weighted by atomic mass is 32.1. The Bertz CT molecular complexity index is 768. The molecule has 0 aliphatic carbocycles.